The van der Waals surface area contributed by atoms with Gasteiger partial charge >= 0.3 is 5.97 Å². The molecule has 1 N–H and O–H groups in total. The minimum atomic E-state index is -0.874. The van der Waals surface area contributed by atoms with Gasteiger partial charge in [-0.25, -0.2) is 4.79 Å². The van der Waals surface area contributed by atoms with Gasteiger partial charge in [-0.2, -0.15) is 0 Å². The Bertz CT molecular complexity index is 419. The van der Waals surface area contributed by atoms with Crippen molar-refractivity contribution in [3.05, 3.63) is 28.2 Å². The molecule has 1 aromatic carbocycles. The molecule has 1 saturated heterocycles. The van der Waals surface area contributed by atoms with Crippen LogP contribution in [0.15, 0.2) is 22.7 Å². The van der Waals surface area contributed by atoms with E-state index < -0.39 is 5.97 Å². The monoisotopic (exact) mass is 283 g/mol. The first-order valence-electron chi connectivity index (χ1n) is 5.39. The highest BCUT2D eigenvalue weighted by atomic mass is 79.9. The first-order valence-corrected chi connectivity index (χ1v) is 6.18. The fraction of sp³-hybridized carbons (Fsp3) is 0.417. The Balaban J connectivity index is 2.38. The van der Waals surface area contributed by atoms with Gasteiger partial charge in [-0.15, -0.1) is 0 Å². The molecule has 0 amide bonds. The molecule has 16 heavy (non-hydrogen) atoms. The second-order valence-corrected chi connectivity index (χ2v) is 5.01. The maximum Gasteiger partial charge on any atom is 0.335 e. The van der Waals surface area contributed by atoms with Crippen LogP contribution < -0.4 is 4.90 Å². The molecular formula is C12H14BrNO2. The number of carboxylic acid groups (broad SMARTS) is 1. The maximum atomic E-state index is 10.9. The van der Waals surface area contributed by atoms with E-state index in [0.717, 1.165) is 16.7 Å². The van der Waals surface area contributed by atoms with Crippen LogP contribution in [0.2, 0.25) is 0 Å². The van der Waals surface area contributed by atoms with Gasteiger partial charge in [0.05, 0.1) is 11.3 Å². The Hall–Kier alpha value is -1.03. The highest BCUT2D eigenvalue weighted by Gasteiger charge is 2.22. The van der Waals surface area contributed by atoms with Crippen LogP contribution in [0.1, 0.15) is 30.1 Å². The number of benzene rings is 1. The lowest BCUT2D eigenvalue weighted by Crippen LogP contribution is -2.26. The Morgan fingerprint density at radius 3 is 2.88 bits per heavy atom. The summed E-state index contributed by atoms with van der Waals surface area (Å²) in [6.07, 6.45) is 2.34. The molecule has 1 fully saturated rings. The van der Waals surface area contributed by atoms with Gasteiger partial charge in [0.2, 0.25) is 0 Å². The van der Waals surface area contributed by atoms with Crippen LogP contribution in [0.4, 0.5) is 5.69 Å². The summed E-state index contributed by atoms with van der Waals surface area (Å²) in [7, 11) is 0. The van der Waals surface area contributed by atoms with Crippen LogP contribution in [0.3, 0.4) is 0 Å². The smallest absolute Gasteiger partial charge is 0.335 e. The second-order valence-electron chi connectivity index (χ2n) is 4.16. The zero-order chi connectivity index (χ0) is 11.7. The summed E-state index contributed by atoms with van der Waals surface area (Å²) in [6, 6.07) is 5.66. The largest absolute Gasteiger partial charge is 0.478 e. The number of anilines is 1. The van der Waals surface area contributed by atoms with E-state index in [1.54, 1.807) is 12.1 Å². The molecule has 1 unspecified atom stereocenters. The molecule has 0 spiro atoms. The quantitative estimate of drug-likeness (QED) is 0.907. The van der Waals surface area contributed by atoms with Crippen molar-refractivity contribution >= 4 is 27.6 Å². The van der Waals surface area contributed by atoms with Crippen LogP contribution in [0.25, 0.3) is 0 Å². The van der Waals surface area contributed by atoms with E-state index >= 15 is 0 Å². The van der Waals surface area contributed by atoms with E-state index in [2.05, 4.69) is 27.8 Å². The zero-order valence-electron chi connectivity index (χ0n) is 9.11. The number of carbonyl (C=O) groups is 1. The molecule has 0 radical (unpaired) electrons. The summed E-state index contributed by atoms with van der Waals surface area (Å²) in [5.74, 6) is -0.874. The molecule has 0 saturated carbocycles. The summed E-state index contributed by atoms with van der Waals surface area (Å²) < 4.78 is 0.964. The minimum Gasteiger partial charge on any atom is -0.478 e. The summed E-state index contributed by atoms with van der Waals surface area (Å²) in [4.78, 5) is 13.2. The molecule has 4 heteroatoms. The van der Waals surface area contributed by atoms with Gasteiger partial charge in [-0.3, -0.25) is 0 Å². The third kappa shape index (κ3) is 2.07. The number of carboxylic acids is 1. The molecular weight excluding hydrogens is 270 g/mol. The van der Waals surface area contributed by atoms with Gasteiger partial charge in [0.1, 0.15) is 0 Å². The van der Waals surface area contributed by atoms with Gasteiger partial charge in [0.25, 0.3) is 0 Å². The number of aromatic carboxylic acids is 1. The van der Waals surface area contributed by atoms with Gasteiger partial charge in [0, 0.05) is 17.1 Å². The first kappa shape index (κ1) is 11.5. The van der Waals surface area contributed by atoms with Crippen molar-refractivity contribution in [3.8, 4) is 0 Å². The normalized spacial score (nSPS) is 20.1. The number of hydrogen-bond donors (Lipinski definition) is 1. The SMILES string of the molecule is CC1CCCN1c1cc(C(=O)O)ccc1Br. The first-order chi connectivity index (χ1) is 7.59. The molecule has 0 bridgehead atoms. The maximum absolute atomic E-state index is 10.9. The third-order valence-corrected chi connectivity index (χ3v) is 3.73. The Morgan fingerprint density at radius 1 is 1.56 bits per heavy atom. The van der Waals surface area contributed by atoms with Crippen molar-refractivity contribution < 1.29 is 9.90 Å². The average molecular weight is 284 g/mol. The van der Waals surface area contributed by atoms with Gasteiger partial charge in [0.15, 0.2) is 0 Å². The fourth-order valence-electron chi connectivity index (χ4n) is 2.16. The third-order valence-electron chi connectivity index (χ3n) is 3.06. The van der Waals surface area contributed by atoms with Crippen molar-refractivity contribution in [2.75, 3.05) is 11.4 Å². The van der Waals surface area contributed by atoms with Crippen molar-refractivity contribution in [1.82, 2.24) is 0 Å². The summed E-state index contributed by atoms with van der Waals surface area (Å²) in [6.45, 7) is 3.18. The predicted molar refractivity (Wildman–Crippen MR) is 67.1 cm³/mol. The van der Waals surface area contributed by atoms with Crippen LogP contribution in [0.5, 0.6) is 0 Å². The van der Waals surface area contributed by atoms with Gasteiger partial charge < -0.3 is 10.0 Å². The van der Waals surface area contributed by atoms with E-state index in [-0.39, 0.29) is 0 Å². The van der Waals surface area contributed by atoms with Crippen molar-refractivity contribution in [3.63, 3.8) is 0 Å². The number of halogens is 1. The topological polar surface area (TPSA) is 40.5 Å². The Kier molecular flexibility index (Phi) is 3.19. The molecule has 1 aliphatic rings. The van der Waals surface area contributed by atoms with E-state index in [1.165, 1.54) is 12.8 Å². The fourth-order valence-corrected chi connectivity index (χ4v) is 2.63. The molecule has 0 aliphatic carbocycles. The van der Waals surface area contributed by atoms with E-state index in [9.17, 15) is 4.79 Å². The summed E-state index contributed by atoms with van der Waals surface area (Å²) >= 11 is 3.48. The van der Waals surface area contributed by atoms with Crippen LogP contribution in [-0.4, -0.2) is 23.7 Å². The summed E-state index contributed by atoms with van der Waals surface area (Å²) in [5.41, 5.74) is 1.34. The Labute approximate surface area is 103 Å². The van der Waals surface area contributed by atoms with Crippen molar-refractivity contribution in [2.24, 2.45) is 0 Å². The molecule has 1 aromatic rings. The molecule has 1 heterocycles. The molecule has 1 atom stereocenters. The number of rotatable bonds is 2. The van der Waals surface area contributed by atoms with Crippen LogP contribution >= 0.6 is 15.9 Å². The van der Waals surface area contributed by atoms with E-state index in [4.69, 9.17) is 5.11 Å². The number of nitrogens with zero attached hydrogens (tertiary/aromatic N) is 1. The van der Waals surface area contributed by atoms with Gasteiger partial charge in [-0.1, -0.05) is 0 Å². The second kappa shape index (κ2) is 4.45. The van der Waals surface area contributed by atoms with E-state index in [0.29, 0.717) is 11.6 Å². The molecule has 3 nitrogen and oxygen atoms in total. The molecule has 0 aromatic heterocycles. The molecule has 1 aliphatic heterocycles. The average Bonchev–Trinajstić information content (AvgIpc) is 2.65. The standard InChI is InChI=1S/C12H14BrNO2/c1-8-3-2-6-14(8)11-7-9(12(15)16)4-5-10(11)13/h4-5,7-8H,2-3,6H2,1H3,(H,15,16). The zero-order valence-corrected chi connectivity index (χ0v) is 10.7. The van der Waals surface area contributed by atoms with Crippen LogP contribution in [0, 0.1) is 0 Å². The lowest BCUT2D eigenvalue weighted by molar-refractivity contribution is 0.0697. The van der Waals surface area contributed by atoms with Crippen LogP contribution in [-0.2, 0) is 0 Å². The lowest BCUT2D eigenvalue weighted by Gasteiger charge is -2.25. The highest BCUT2D eigenvalue weighted by Crippen LogP contribution is 2.32. The van der Waals surface area contributed by atoms with Crippen molar-refractivity contribution in [1.29, 1.82) is 0 Å². The summed E-state index contributed by atoms with van der Waals surface area (Å²) in [5, 5.41) is 8.98. The lowest BCUT2D eigenvalue weighted by atomic mass is 10.1. The minimum absolute atomic E-state index is 0.345. The van der Waals surface area contributed by atoms with E-state index in [1.807, 2.05) is 6.07 Å². The Morgan fingerprint density at radius 2 is 2.31 bits per heavy atom. The van der Waals surface area contributed by atoms with Crippen molar-refractivity contribution in [2.45, 2.75) is 25.8 Å². The number of hydrogen-bond acceptors (Lipinski definition) is 2. The van der Waals surface area contributed by atoms with Gasteiger partial charge in [-0.05, 0) is 53.9 Å². The molecule has 2 rings (SSSR count). The highest BCUT2D eigenvalue weighted by molar-refractivity contribution is 9.10. The predicted octanol–water partition coefficient (Wildman–Crippen LogP) is 3.14. The molecule has 86 valence electrons.